The number of ether oxygens (including phenoxy) is 1. The van der Waals surface area contributed by atoms with Crippen LogP contribution in [-0.2, 0) is 0 Å². The second kappa shape index (κ2) is 7.46. The Morgan fingerprint density at radius 3 is 2.50 bits per heavy atom. The Balaban J connectivity index is 2.10. The summed E-state index contributed by atoms with van der Waals surface area (Å²) in [5.41, 5.74) is 1.36. The number of methoxy groups -OCH3 is 1. The van der Waals surface area contributed by atoms with Crippen molar-refractivity contribution in [2.75, 3.05) is 14.2 Å². The third kappa shape index (κ3) is 3.56. The maximum absolute atomic E-state index is 5.32. The van der Waals surface area contributed by atoms with E-state index in [1.165, 1.54) is 37.7 Å². The van der Waals surface area contributed by atoms with Crippen LogP contribution in [0.25, 0.3) is 0 Å². The third-order valence-corrected chi connectivity index (χ3v) is 5.41. The van der Waals surface area contributed by atoms with Gasteiger partial charge in [0.1, 0.15) is 5.75 Å². The summed E-state index contributed by atoms with van der Waals surface area (Å²) in [4.78, 5) is 0. The van der Waals surface area contributed by atoms with Crippen molar-refractivity contribution in [1.82, 2.24) is 5.32 Å². The number of hydrogen-bond donors (Lipinski definition) is 1. The smallest absolute Gasteiger partial charge is 0.133 e. The molecule has 1 unspecified atom stereocenters. The highest BCUT2D eigenvalue weighted by molar-refractivity contribution is 9.10. The minimum Gasteiger partial charge on any atom is -0.496 e. The summed E-state index contributed by atoms with van der Waals surface area (Å²) in [6.07, 6.45) is 6.79. The summed E-state index contributed by atoms with van der Waals surface area (Å²) in [5.74, 6) is 2.60. The first kappa shape index (κ1) is 15.8. The molecule has 20 heavy (non-hydrogen) atoms. The molecule has 1 fully saturated rings. The maximum atomic E-state index is 5.32. The molecule has 0 aromatic heterocycles. The van der Waals surface area contributed by atoms with Crippen LogP contribution in [0.15, 0.2) is 22.7 Å². The Kier molecular flexibility index (Phi) is 5.91. The van der Waals surface area contributed by atoms with Gasteiger partial charge in [-0.25, -0.2) is 0 Å². The first-order chi connectivity index (χ1) is 9.69. The van der Waals surface area contributed by atoms with E-state index < -0.39 is 0 Å². The molecule has 0 heterocycles. The van der Waals surface area contributed by atoms with Gasteiger partial charge in [0.25, 0.3) is 0 Å². The molecule has 1 aromatic rings. The van der Waals surface area contributed by atoms with Crippen molar-refractivity contribution in [1.29, 1.82) is 0 Å². The zero-order chi connectivity index (χ0) is 14.5. The van der Waals surface area contributed by atoms with Gasteiger partial charge in [0.2, 0.25) is 0 Å². The molecule has 1 aliphatic rings. The molecule has 1 aromatic carbocycles. The fourth-order valence-corrected chi connectivity index (χ4v) is 4.04. The Hall–Kier alpha value is -0.540. The van der Waals surface area contributed by atoms with Crippen LogP contribution in [0.1, 0.15) is 50.6 Å². The SMILES string of the molecule is CCC1CCC(C(NC)c2ccc(OC)c(Br)c2)CC1. The monoisotopic (exact) mass is 339 g/mol. The van der Waals surface area contributed by atoms with Gasteiger partial charge in [-0.15, -0.1) is 0 Å². The van der Waals surface area contributed by atoms with Crippen molar-refractivity contribution in [3.8, 4) is 5.75 Å². The van der Waals surface area contributed by atoms with Gasteiger partial charge in [-0.2, -0.15) is 0 Å². The van der Waals surface area contributed by atoms with E-state index in [0.29, 0.717) is 6.04 Å². The van der Waals surface area contributed by atoms with Crippen molar-refractivity contribution in [2.24, 2.45) is 11.8 Å². The summed E-state index contributed by atoms with van der Waals surface area (Å²) in [6.45, 7) is 2.32. The molecule has 1 aliphatic carbocycles. The number of halogens is 1. The van der Waals surface area contributed by atoms with Crippen molar-refractivity contribution < 1.29 is 4.74 Å². The van der Waals surface area contributed by atoms with Crippen LogP contribution in [0.3, 0.4) is 0 Å². The summed E-state index contributed by atoms with van der Waals surface area (Å²) >= 11 is 3.60. The van der Waals surface area contributed by atoms with Gasteiger partial charge in [0.15, 0.2) is 0 Å². The van der Waals surface area contributed by atoms with E-state index in [1.807, 2.05) is 0 Å². The lowest BCUT2D eigenvalue weighted by atomic mass is 9.76. The van der Waals surface area contributed by atoms with E-state index >= 15 is 0 Å². The quantitative estimate of drug-likeness (QED) is 0.820. The Morgan fingerprint density at radius 2 is 2.00 bits per heavy atom. The van der Waals surface area contributed by atoms with Crippen LogP contribution < -0.4 is 10.1 Å². The summed E-state index contributed by atoms with van der Waals surface area (Å²) in [7, 11) is 3.79. The molecule has 0 saturated heterocycles. The lowest BCUT2D eigenvalue weighted by molar-refractivity contribution is 0.224. The lowest BCUT2D eigenvalue weighted by Crippen LogP contribution is -2.28. The summed E-state index contributed by atoms with van der Waals surface area (Å²) < 4.78 is 6.36. The average Bonchev–Trinajstić information content (AvgIpc) is 2.49. The molecule has 0 bridgehead atoms. The molecular weight excluding hydrogens is 314 g/mol. The molecule has 0 radical (unpaired) electrons. The number of hydrogen-bond acceptors (Lipinski definition) is 2. The fourth-order valence-electron chi connectivity index (χ4n) is 3.48. The van der Waals surface area contributed by atoms with Crippen LogP contribution in [0, 0.1) is 11.8 Å². The number of benzene rings is 1. The van der Waals surface area contributed by atoms with Gasteiger partial charge < -0.3 is 10.1 Å². The lowest BCUT2D eigenvalue weighted by Gasteiger charge is -2.34. The van der Waals surface area contributed by atoms with E-state index in [2.05, 4.69) is 53.4 Å². The van der Waals surface area contributed by atoms with Crippen molar-refractivity contribution >= 4 is 15.9 Å². The van der Waals surface area contributed by atoms with Gasteiger partial charge >= 0.3 is 0 Å². The maximum Gasteiger partial charge on any atom is 0.133 e. The molecule has 3 heteroatoms. The predicted octanol–water partition coefficient (Wildman–Crippen LogP) is 4.93. The fraction of sp³-hybridized carbons (Fsp3) is 0.647. The zero-order valence-corrected chi connectivity index (χ0v) is 14.4. The van der Waals surface area contributed by atoms with E-state index in [4.69, 9.17) is 4.74 Å². The van der Waals surface area contributed by atoms with E-state index in [9.17, 15) is 0 Å². The average molecular weight is 340 g/mol. The van der Waals surface area contributed by atoms with Gasteiger partial charge in [-0.1, -0.05) is 32.3 Å². The standard InChI is InChI=1S/C17H26BrNO/c1-4-12-5-7-13(8-6-12)17(19-2)14-9-10-16(20-3)15(18)11-14/h9-13,17,19H,4-8H2,1-3H3. The summed E-state index contributed by atoms with van der Waals surface area (Å²) in [5, 5.41) is 3.52. The highest BCUT2D eigenvalue weighted by Crippen LogP contribution is 2.39. The highest BCUT2D eigenvalue weighted by Gasteiger charge is 2.27. The van der Waals surface area contributed by atoms with Crippen LogP contribution in [0.5, 0.6) is 5.75 Å². The molecule has 1 atom stereocenters. The van der Waals surface area contributed by atoms with Gasteiger partial charge in [-0.3, -0.25) is 0 Å². The Bertz CT molecular complexity index is 427. The molecule has 0 spiro atoms. The Morgan fingerprint density at radius 1 is 1.30 bits per heavy atom. The molecular formula is C17H26BrNO. The van der Waals surface area contributed by atoms with Gasteiger partial charge in [0, 0.05) is 6.04 Å². The number of rotatable bonds is 5. The minimum atomic E-state index is 0.454. The molecule has 2 nitrogen and oxygen atoms in total. The van der Waals surface area contributed by atoms with Gasteiger partial charge in [0.05, 0.1) is 11.6 Å². The summed E-state index contributed by atoms with van der Waals surface area (Å²) in [6, 6.07) is 6.90. The molecule has 0 aliphatic heterocycles. The molecule has 0 amide bonds. The zero-order valence-electron chi connectivity index (χ0n) is 12.8. The van der Waals surface area contributed by atoms with Crippen molar-refractivity contribution in [3.05, 3.63) is 28.2 Å². The van der Waals surface area contributed by atoms with E-state index in [0.717, 1.165) is 22.1 Å². The molecule has 1 saturated carbocycles. The van der Waals surface area contributed by atoms with E-state index in [-0.39, 0.29) is 0 Å². The highest BCUT2D eigenvalue weighted by atomic mass is 79.9. The van der Waals surface area contributed by atoms with Crippen molar-refractivity contribution in [2.45, 2.75) is 45.1 Å². The predicted molar refractivity (Wildman–Crippen MR) is 88.2 cm³/mol. The molecule has 1 N–H and O–H groups in total. The first-order valence-corrected chi connectivity index (χ1v) is 8.49. The van der Waals surface area contributed by atoms with Crippen LogP contribution >= 0.6 is 15.9 Å². The van der Waals surface area contributed by atoms with Crippen molar-refractivity contribution in [3.63, 3.8) is 0 Å². The second-order valence-corrected chi connectivity index (χ2v) is 6.70. The van der Waals surface area contributed by atoms with Crippen LogP contribution in [-0.4, -0.2) is 14.2 Å². The normalized spacial score (nSPS) is 24.4. The van der Waals surface area contributed by atoms with E-state index in [1.54, 1.807) is 7.11 Å². The number of nitrogens with one attached hydrogen (secondary N) is 1. The van der Waals surface area contributed by atoms with Crippen LogP contribution in [0.4, 0.5) is 0 Å². The molecule has 112 valence electrons. The Labute approximate surface area is 131 Å². The second-order valence-electron chi connectivity index (χ2n) is 5.85. The van der Waals surface area contributed by atoms with Crippen LogP contribution in [0.2, 0.25) is 0 Å². The topological polar surface area (TPSA) is 21.3 Å². The van der Waals surface area contributed by atoms with Gasteiger partial charge in [-0.05, 0) is 65.4 Å². The molecule has 2 rings (SSSR count). The first-order valence-electron chi connectivity index (χ1n) is 7.70. The third-order valence-electron chi connectivity index (χ3n) is 4.79. The largest absolute Gasteiger partial charge is 0.496 e. The minimum absolute atomic E-state index is 0.454.